The lowest BCUT2D eigenvalue weighted by atomic mass is 10.0. The van der Waals surface area contributed by atoms with E-state index in [4.69, 9.17) is 4.74 Å². The lowest BCUT2D eigenvalue weighted by Gasteiger charge is -2.25. The number of ether oxygens (including phenoxy) is 1. The number of hydrogen-bond donors (Lipinski definition) is 0. The molecule has 0 atom stereocenters. The van der Waals surface area contributed by atoms with E-state index in [2.05, 4.69) is 4.98 Å². The molecule has 2 aromatic heterocycles. The van der Waals surface area contributed by atoms with Gasteiger partial charge in [-0.2, -0.15) is 0 Å². The smallest absolute Gasteiger partial charge is 0.417 e. The number of nitrogens with zero attached hydrogens (tertiary/aromatic N) is 3. The van der Waals surface area contributed by atoms with Crippen LogP contribution in [-0.2, 0) is 11.3 Å². The number of carbonyl (C=O) groups is 2. The third-order valence-corrected chi connectivity index (χ3v) is 4.19. The first-order chi connectivity index (χ1) is 12.3. The molecule has 6 nitrogen and oxygen atoms in total. The Morgan fingerprint density at radius 2 is 1.85 bits per heavy atom. The van der Waals surface area contributed by atoms with Crippen LogP contribution in [0.2, 0.25) is 0 Å². The van der Waals surface area contributed by atoms with E-state index in [1.807, 2.05) is 53.1 Å². The zero-order valence-corrected chi connectivity index (χ0v) is 14.9. The second-order valence-corrected chi connectivity index (χ2v) is 7.27. The van der Waals surface area contributed by atoms with Gasteiger partial charge in [-0.1, -0.05) is 30.3 Å². The summed E-state index contributed by atoms with van der Waals surface area (Å²) in [4.78, 5) is 31.4. The number of imidazole rings is 1. The highest BCUT2D eigenvalue weighted by Crippen LogP contribution is 2.33. The lowest BCUT2D eigenvalue weighted by Crippen LogP contribution is -2.40. The molecule has 3 heterocycles. The summed E-state index contributed by atoms with van der Waals surface area (Å²) in [5, 5.41) is 0. The van der Waals surface area contributed by atoms with Gasteiger partial charge in [-0.15, -0.1) is 0 Å². The van der Waals surface area contributed by atoms with E-state index >= 15 is 0 Å². The molecule has 132 valence electrons. The van der Waals surface area contributed by atoms with Crippen LogP contribution in [0, 0.1) is 0 Å². The number of carbonyl (C=O) groups excluding carboxylic acids is 2. The third-order valence-electron chi connectivity index (χ3n) is 4.19. The van der Waals surface area contributed by atoms with Crippen molar-refractivity contribution < 1.29 is 14.3 Å². The molecule has 26 heavy (non-hydrogen) atoms. The van der Waals surface area contributed by atoms with Crippen molar-refractivity contribution in [1.82, 2.24) is 14.3 Å². The molecular formula is C20H19N3O3. The number of amides is 2. The van der Waals surface area contributed by atoms with Crippen LogP contribution in [0.5, 0.6) is 0 Å². The van der Waals surface area contributed by atoms with Crippen LogP contribution in [0.25, 0.3) is 16.9 Å². The van der Waals surface area contributed by atoms with Gasteiger partial charge in [0.1, 0.15) is 11.2 Å². The highest BCUT2D eigenvalue weighted by molar-refractivity contribution is 6.07. The molecule has 0 spiro atoms. The second kappa shape index (κ2) is 5.69. The first kappa shape index (κ1) is 16.3. The molecule has 0 unspecified atom stereocenters. The lowest BCUT2D eigenvalue weighted by molar-refractivity contribution is 0.0227. The predicted octanol–water partition coefficient (Wildman–Crippen LogP) is 3.89. The number of fused-ring (bicyclic) bond motifs is 5. The molecule has 1 aromatic carbocycles. The molecule has 6 heteroatoms. The average Bonchev–Trinajstić information content (AvgIpc) is 2.91. The fraction of sp³-hybridized carbons (Fsp3) is 0.250. The van der Waals surface area contributed by atoms with Gasteiger partial charge in [-0.25, -0.2) is 14.7 Å². The van der Waals surface area contributed by atoms with Gasteiger partial charge in [0.15, 0.2) is 5.69 Å². The summed E-state index contributed by atoms with van der Waals surface area (Å²) < 4.78 is 7.32. The Balaban J connectivity index is 1.92. The number of aromatic nitrogens is 2. The Hall–Kier alpha value is -3.15. The molecule has 0 N–H and O–H groups in total. The summed E-state index contributed by atoms with van der Waals surface area (Å²) in [6.45, 7) is 5.47. The van der Waals surface area contributed by atoms with Crippen molar-refractivity contribution in [2.75, 3.05) is 0 Å². The fourth-order valence-electron chi connectivity index (χ4n) is 3.13. The Morgan fingerprint density at radius 3 is 2.62 bits per heavy atom. The van der Waals surface area contributed by atoms with Crippen molar-refractivity contribution in [3.63, 3.8) is 0 Å². The Kier molecular flexibility index (Phi) is 3.57. The van der Waals surface area contributed by atoms with Gasteiger partial charge in [0.25, 0.3) is 5.91 Å². The standard InChI is InChI=1S/C20H19N3O3/c1-20(2,3)26-19(25)23-12-13-8-4-5-9-14(13)17-16(18(23)24)21-15-10-6-7-11-22(15)17/h4-11H,12H2,1-3H3. The molecule has 0 saturated carbocycles. The molecule has 2 amide bonds. The average molecular weight is 349 g/mol. The van der Waals surface area contributed by atoms with Crippen LogP contribution >= 0.6 is 0 Å². The Morgan fingerprint density at radius 1 is 1.12 bits per heavy atom. The molecule has 1 aliphatic rings. The topological polar surface area (TPSA) is 63.9 Å². The van der Waals surface area contributed by atoms with Crippen LogP contribution in [0.4, 0.5) is 4.79 Å². The van der Waals surface area contributed by atoms with Gasteiger partial charge in [0, 0.05) is 11.8 Å². The normalized spacial score (nSPS) is 14.0. The monoisotopic (exact) mass is 349 g/mol. The van der Waals surface area contributed by atoms with E-state index in [1.165, 1.54) is 0 Å². The van der Waals surface area contributed by atoms with Gasteiger partial charge in [-0.3, -0.25) is 9.20 Å². The van der Waals surface area contributed by atoms with E-state index in [0.29, 0.717) is 11.3 Å². The van der Waals surface area contributed by atoms with Gasteiger partial charge < -0.3 is 4.74 Å². The highest BCUT2D eigenvalue weighted by Gasteiger charge is 2.35. The molecular weight excluding hydrogens is 330 g/mol. The quantitative estimate of drug-likeness (QED) is 0.618. The van der Waals surface area contributed by atoms with Crippen LogP contribution in [-0.4, -0.2) is 31.9 Å². The molecule has 0 fully saturated rings. The summed E-state index contributed by atoms with van der Waals surface area (Å²) in [7, 11) is 0. The minimum absolute atomic E-state index is 0.148. The molecule has 0 bridgehead atoms. The maximum absolute atomic E-state index is 13.2. The van der Waals surface area contributed by atoms with E-state index in [0.717, 1.165) is 16.0 Å². The minimum atomic E-state index is -0.690. The minimum Gasteiger partial charge on any atom is -0.443 e. The Bertz CT molecular complexity index is 1030. The first-order valence-electron chi connectivity index (χ1n) is 8.45. The van der Waals surface area contributed by atoms with E-state index in [-0.39, 0.29) is 12.2 Å². The van der Waals surface area contributed by atoms with Gasteiger partial charge in [0.05, 0.1) is 12.2 Å². The number of hydrogen-bond acceptors (Lipinski definition) is 4. The molecule has 3 aromatic rings. The van der Waals surface area contributed by atoms with E-state index in [9.17, 15) is 9.59 Å². The van der Waals surface area contributed by atoms with Crippen molar-refractivity contribution in [3.8, 4) is 11.3 Å². The predicted molar refractivity (Wildman–Crippen MR) is 96.7 cm³/mol. The molecule has 1 aliphatic heterocycles. The zero-order valence-electron chi connectivity index (χ0n) is 14.9. The maximum atomic E-state index is 13.2. The summed E-state index contributed by atoms with van der Waals surface area (Å²) in [5.74, 6) is -0.450. The second-order valence-electron chi connectivity index (χ2n) is 7.27. The van der Waals surface area contributed by atoms with E-state index in [1.54, 1.807) is 20.8 Å². The number of imide groups is 1. The zero-order chi connectivity index (χ0) is 18.5. The molecule has 4 rings (SSSR count). The van der Waals surface area contributed by atoms with Crippen LogP contribution in [0.3, 0.4) is 0 Å². The van der Waals surface area contributed by atoms with Crippen molar-refractivity contribution >= 4 is 17.6 Å². The van der Waals surface area contributed by atoms with Crippen molar-refractivity contribution in [2.24, 2.45) is 0 Å². The molecule has 0 saturated heterocycles. The largest absolute Gasteiger partial charge is 0.443 e. The molecule has 0 aliphatic carbocycles. The van der Waals surface area contributed by atoms with Crippen LogP contribution in [0.15, 0.2) is 48.7 Å². The molecule has 0 radical (unpaired) electrons. The van der Waals surface area contributed by atoms with Crippen molar-refractivity contribution in [2.45, 2.75) is 32.9 Å². The van der Waals surface area contributed by atoms with Crippen molar-refractivity contribution in [1.29, 1.82) is 0 Å². The van der Waals surface area contributed by atoms with Crippen molar-refractivity contribution in [3.05, 3.63) is 59.9 Å². The maximum Gasteiger partial charge on any atom is 0.417 e. The summed E-state index contributed by atoms with van der Waals surface area (Å²) in [5.41, 5.74) is 2.69. The van der Waals surface area contributed by atoms with Gasteiger partial charge >= 0.3 is 6.09 Å². The fourth-order valence-corrected chi connectivity index (χ4v) is 3.13. The third kappa shape index (κ3) is 2.63. The number of pyridine rings is 1. The first-order valence-corrected chi connectivity index (χ1v) is 8.45. The van der Waals surface area contributed by atoms with Crippen LogP contribution in [0.1, 0.15) is 36.8 Å². The summed E-state index contributed by atoms with van der Waals surface area (Å²) >= 11 is 0. The SMILES string of the molecule is CC(C)(C)OC(=O)N1Cc2ccccc2-c2c(nc3ccccn23)C1=O. The van der Waals surface area contributed by atoms with Gasteiger partial charge in [-0.05, 0) is 38.5 Å². The highest BCUT2D eigenvalue weighted by atomic mass is 16.6. The van der Waals surface area contributed by atoms with E-state index < -0.39 is 17.6 Å². The summed E-state index contributed by atoms with van der Waals surface area (Å²) in [6.07, 6.45) is 1.20. The van der Waals surface area contributed by atoms with Crippen LogP contribution < -0.4 is 0 Å². The van der Waals surface area contributed by atoms with Gasteiger partial charge in [0.2, 0.25) is 0 Å². The Labute approximate surface area is 151 Å². The summed E-state index contributed by atoms with van der Waals surface area (Å²) in [6, 6.07) is 13.3. The number of rotatable bonds is 0. The number of benzene rings is 1.